The molecule has 2 aromatic heterocycles. The average Bonchev–Trinajstić information content (AvgIpc) is 3.28. The fourth-order valence-electron chi connectivity index (χ4n) is 3.13. The quantitative estimate of drug-likeness (QED) is 0.784. The monoisotopic (exact) mass is 344 g/mol. The summed E-state index contributed by atoms with van der Waals surface area (Å²) < 4.78 is 7.06. The van der Waals surface area contributed by atoms with Crippen molar-refractivity contribution in [2.24, 2.45) is 5.73 Å². The molecule has 7 nitrogen and oxygen atoms in total. The number of aromatic nitrogens is 5. The molecule has 1 aliphatic rings. The molecule has 1 fully saturated rings. The predicted octanol–water partition coefficient (Wildman–Crippen LogP) is 3.01. The Bertz CT molecular complexity index is 880. The zero-order valence-corrected chi connectivity index (χ0v) is 14.0. The molecule has 1 aliphatic carbocycles. The molecule has 8 heteroatoms. The molecular weight excluding hydrogens is 328 g/mol. The van der Waals surface area contributed by atoms with E-state index in [1.165, 1.54) is 0 Å². The van der Waals surface area contributed by atoms with Crippen LogP contribution >= 0.6 is 11.6 Å². The van der Waals surface area contributed by atoms with Crippen molar-refractivity contribution in [1.29, 1.82) is 0 Å². The minimum Gasteiger partial charge on any atom is -0.332 e. The smallest absolute Gasteiger partial charge is 0.280 e. The van der Waals surface area contributed by atoms with Crippen LogP contribution in [0.1, 0.15) is 37.2 Å². The maximum atomic E-state index is 6.38. The molecule has 3 aromatic rings. The van der Waals surface area contributed by atoms with E-state index in [0.29, 0.717) is 22.4 Å². The number of nitrogens with two attached hydrogens (primary N) is 1. The van der Waals surface area contributed by atoms with Crippen LogP contribution in [0.2, 0.25) is 5.02 Å². The molecule has 0 saturated heterocycles. The number of para-hydroxylation sites is 1. The molecule has 0 unspecified atom stereocenters. The third kappa shape index (κ3) is 2.40. The lowest BCUT2D eigenvalue weighted by molar-refractivity contribution is 0.372. The van der Waals surface area contributed by atoms with Gasteiger partial charge in [0.05, 0.1) is 21.9 Å². The van der Waals surface area contributed by atoms with Crippen LogP contribution in [-0.4, -0.2) is 25.1 Å². The molecule has 0 amide bonds. The highest BCUT2D eigenvalue weighted by atomic mass is 35.5. The van der Waals surface area contributed by atoms with Gasteiger partial charge >= 0.3 is 0 Å². The standard InChI is InChI=1S/C16H17ClN6O/c1-10-13(20-22-23(10)12-7-3-2-6-11(12)17)14-19-15(21-24-14)16(18)8-4-5-9-16/h2-3,6-7H,4-5,8-9,18H2,1H3. The fraction of sp³-hybridized carbons (Fsp3) is 0.375. The van der Waals surface area contributed by atoms with Crippen LogP contribution in [-0.2, 0) is 5.54 Å². The molecule has 1 aromatic carbocycles. The van der Waals surface area contributed by atoms with E-state index in [1.807, 2.05) is 25.1 Å². The first-order valence-electron chi connectivity index (χ1n) is 7.89. The van der Waals surface area contributed by atoms with Crippen molar-refractivity contribution in [3.8, 4) is 17.3 Å². The van der Waals surface area contributed by atoms with E-state index in [1.54, 1.807) is 10.7 Å². The van der Waals surface area contributed by atoms with Crippen LogP contribution in [0.4, 0.5) is 0 Å². The van der Waals surface area contributed by atoms with Gasteiger partial charge in [-0.1, -0.05) is 46.9 Å². The minimum absolute atomic E-state index is 0.331. The van der Waals surface area contributed by atoms with E-state index in [0.717, 1.165) is 37.1 Å². The van der Waals surface area contributed by atoms with Crippen molar-refractivity contribution in [1.82, 2.24) is 25.1 Å². The van der Waals surface area contributed by atoms with E-state index in [4.69, 9.17) is 21.9 Å². The lowest BCUT2D eigenvalue weighted by Crippen LogP contribution is -2.34. The van der Waals surface area contributed by atoms with Crippen molar-refractivity contribution in [3.05, 3.63) is 40.8 Å². The van der Waals surface area contributed by atoms with Gasteiger partial charge in [-0.05, 0) is 31.9 Å². The molecule has 2 N–H and O–H groups in total. The molecule has 24 heavy (non-hydrogen) atoms. The van der Waals surface area contributed by atoms with Gasteiger partial charge in [-0.15, -0.1) is 5.10 Å². The summed E-state index contributed by atoms with van der Waals surface area (Å²) in [4.78, 5) is 4.47. The molecule has 0 aliphatic heterocycles. The van der Waals surface area contributed by atoms with Gasteiger partial charge < -0.3 is 10.3 Å². The van der Waals surface area contributed by atoms with Gasteiger partial charge in [0, 0.05) is 0 Å². The molecule has 0 radical (unpaired) electrons. The van der Waals surface area contributed by atoms with Gasteiger partial charge in [0.25, 0.3) is 5.89 Å². The second-order valence-electron chi connectivity index (χ2n) is 6.17. The minimum atomic E-state index is -0.492. The van der Waals surface area contributed by atoms with Crippen LogP contribution in [0.3, 0.4) is 0 Å². The van der Waals surface area contributed by atoms with Crippen molar-refractivity contribution < 1.29 is 4.52 Å². The van der Waals surface area contributed by atoms with Gasteiger partial charge in [0.1, 0.15) is 0 Å². The summed E-state index contributed by atoms with van der Waals surface area (Å²) >= 11 is 6.24. The lowest BCUT2D eigenvalue weighted by atomic mass is 9.99. The summed E-state index contributed by atoms with van der Waals surface area (Å²) in [5.74, 6) is 0.874. The van der Waals surface area contributed by atoms with Crippen molar-refractivity contribution in [2.45, 2.75) is 38.1 Å². The second kappa shape index (κ2) is 5.68. The largest absolute Gasteiger partial charge is 0.332 e. The highest BCUT2D eigenvalue weighted by Crippen LogP contribution is 2.35. The van der Waals surface area contributed by atoms with Gasteiger partial charge in [-0.3, -0.25) is 0 Å². The van der Waals surface area contributed by atoms with Gasteiger partial charge in [-0.2, -0.15) is 4.98 Å². The molecule has 0 spiro atoms. The predicted molar refractivity (Wildman–Crippen MR) is 88.7 cm³/mol. The van der Waals surface area contributed by atoms with Crippen molar-refractivity contribution in [3.63, 3.8) is 0 Å². The van der Waals surface area contributed by atoms with Crippen LogP contribution in [0.5, 0.6) is 0 Å². The number of rotatable bonds is 3. The molecule has 0 bridgehead atoms. The number of nitrogens with zero attached hydrogens (tertiary/aromatic N) is 5. The Morgan fingerprint density at radius 2 is 2.00 bits per heavy atom. The van der Waals surface area contributed by atoms with E-state index < -0.39 is 5.54 Å². The van der Waals surface area contributed by atoms with Gasteiger partial charge in [0.15, 0.2) is 11.5 Å². The van der Waals surface area contributed by atoms with E-state index in [9.17, 15) is 0 Å². The summed E-state index contributed by atoms with van der Waals surface area (Å²) in [6, 6.07) is 7.44. The Morgan fingerprint density at radius 1 is 1.25 bits per heavy atom. The average molecular weight is 345 g/mol. The molecular formula is C16H17ClN6O. The first-order chi connectivity index (χ1) is 11.6. The summed E-state index contributed by atoms with van der Waals surface area (Å²) in [7, 11) is 0. The van der Waals surface area contributed by atoms with Crippen LogP contribution in [0, 0.1) is 6.92 Å². The molecule has 2 heterocycles. The Labute approximate surface area is 143 Å². The number of halogens is 1. The molecule has 1 saturated carbocycles. The Balaban J connectivity index is 1.72. The van der Waals surface area contributed by atoms with E-state index >= 15 is 0 Å². The van der Waals surface area contributed by atoms with Crippen LogP contribution in [0.15, 0.2) is 28.8 Å². The maximum absolute atomic E-state index is 6.38. The number of benzene rings is 1. The SMILES string of the molecule is Cc1c(-c2nc(C3(N)CCCC3)no2)nnn1-c1ccccc1Cl. The Kier molecular flexibility index (Phi) is 3.62. The van der Waals surface area contributed by atoms with Crippen LogP contribution in [0.25, 0.3) is 17.3 Å². The second-order valence-corrected chi connectivity index (χ2v) is 6.58. The summed E-state index contributed by atoms with van der Waals surface area (Å²) in [6.45, 7) is 1.89. The normalized spacial score (nSPS) is 16.6. The highest BCUT2D eigenvalue weighted by Gasteiger charge is 2.36. The zero-order valence-electron chi connectivity index (χ0n) is 13.2. The molecule has 4 rings (SSSR count). The Hall–Kier alpha value is -2.25. The first kappa shape index (κ1) is 15.3. The summed E-state index contributed by atoms with van der Waals surface area (Å²) in [5, 5.41) is 13.0. The zero-order chi connectivity index (χ0) is 16.7. The first-order valence-corrected chi connectivity index (χ1v) is 8.27. The van der Waals surface area contributed by atoms with E-state index in [2.05, 4.69) is 20.5 Å². The molecule has 124 valence electrons. The topological polar surface area (TPSA) is 95.7 Å². The highest BCUT2D eigenvalue weighted by molar-refractivity contribution is 6.32. The van der Waals surface area contributed by atoms with E-state index in [-0.39, 0.29) is 0 Å². The fourth-order valence-corrected chi connectivity index (χ4v) is 3.35. The third-order valence-corrected chi connectivity index (χ3v) is 4.86. The maximum Gasteiger partial charge on any atom is 0.280 e. The Morgan fingerprint density at radius 3 is 2.75 bits per heavy atom. The van der Waals surface area contributed by atoms with Crippen molar-refractivity contribution in [2.75, 3.05) is 0 Å². The third-order valence-electron chi connectivity index (χ3n) is 4.54. The lowest BCUT2D eigenvalue weighted by Gasteiger charge is -2.17. The van der Waals surface area contributed by atoms with Crippen LogP contribution < -0.4 is 5.73 Å². The summed E-state index contributed by atoms with van der Waals surface area (Å²) in [6.07, 6.45) is 3.92. The van der Waals surface area contributed by atoms with Gasteiger partial charge in [-0.25, -0.2) is 4.68 Å². The molecule has 0 atom stereocenters. The number of hydrogen-bond donors (Lipinski definition) is 1. The summed E-state index contributed by atoms with van der Waals surface area (Å²) in [5.41, 5.74) is 7.95. The van der Waals surface area contributed by atoms with Gasteiger partial charge in [0.2, 0.25) is 0 Å². The van der Waals surface area contributed by atoms with Crippen molar-refractivity contribution >= 4 is 11.6 Å². The number of hydrogen-bond acceptors (Lipinski definition) is 6.